The van der Waals surface area contributed by atoms with E-state index in [0.29, 0.717) is 36.0 Å². The van der Waals surface area contributed by atoms with Crippen LogP contribution in [0.5, 0.6) is 5.75 Å². The van der Waals surface area contributed by atoms with Crippen molar-refractivity contribution in [2.24, 2.45) is 0 Å². The molecule has 0 aliphatic heterocycles. The van der Waals surface area contributed by atoms with Crippen LogP contribution < -0.4 is 10.1 Å². The van der Waals surface area contributed by atoms with Crippen molar-refractivity contribution in [2.75, 3.05) is 19.7 Å². The van der Waals surface area contributed by atoms with E-state index in [1.807, 2.05) is 35.7 Å². The third-order valence-corrected chi connectivity index (χ3v) is 5.94. The molecule has 0 saturated heterocycles. The maximum absolute atomic E-state index is 12.8. The molecule has 0 aliphatic carbocycles. The van der Waals surface area contributed by atoms with Crippen LogP contribution >= 0.6 is 11.3 Å². The number of aliphatic hydroxyl groups excluding tert-OH is 1. The Morgan fingerprint density at radius 1 is 1.03 bits per heavy atom. The lowest BCUT2D eigenvalue weighted by molar-refractivity contribution is -0.137. The zero-order valence-electron chi connectivity index (χ0n) is 18.0. The molecule has 2 N–H and O–H groups in total. The smallest absolute Gasteiger partial charge is 0.416 e. The lowest BCUT2D eigenvalue weighted by atomic mass is 10.1. The first kappa shape index (κ1) is 23.9. The lowest BCUT2D eigenvalue weighted by Gasteiger charge is -2.12. The molecular formula is C25H22F3N3O2S. The third kappa shape index (κ3) is 6.19. The standard InChI is InChI=1S/C25H22F3N3O2S/c26-25(27,28)20-8-6-17(7-9-20)24-31-22(16-34-24)18-3-1-5-21(13-18)33-12-11-30-15-23(32)19-4-2-10-29-14-19/h1-10,13-14,16,23,30,32H,11-12,15H2. The molecule has 0 fully saturated rings. The number of benzene rings is 2. The Bertz CT molecular complexity index is 1200. The molecular weight excluding hydrogens is 463 g/mol. The van der Waals surface area contributed by atoms with Gasteiger partial charge in [-0.1, -0.05) is 30.3 Å². The highest BCUT2D eigenvalue weighted by Gasteiger charge is 2.30. The minimum absolute atomic E-state index is 0.390. The van der Waals surface area contributed by atoms with Crippen molar-refractivity contribution in [2.45, 2.75) is 12.3 Å². The first-order chi connectivity index (χ1) is 16.4. The number of nitrogens with one attached hydrogen (secondary N) is 1. The second-order valence-electron chi connectivity index (χ2n) is 7.50. The molecule has 4 aromatic rings. The summed E-state index contributed by atoms with van der Waals surface area (Å²) in [6.45, 7) is 1.36. The van der Waals surface area contributed by atoms with E-state index in [4.69, 9.17) is 4.74 Å². The summed E-state index contributed by atoms with van der Waals surface area (Å²) in [5, 5.41) is 15.8. The predicted molar refractivity (Wildman–Crippen MR) is 126 cm³/mol. The van der Waals surface area contributed by atoms with Gasteiger partial charge in [0.1, 0.15) is 17.4 Å². The topological polar surface area (TPSA) is 67.3 Å². The molecule has 0 aliphatic rings. The molecule has 34 heavy (non-hydrogen) atoms. The van der Waals surface area contributed by atoms with Gasteiger partial charge in [0.05, 0.1) is 17.4 Å². The number of ether oxygens (including phenoxy) is 1. The number of nitrogens with zero attached hydrogens (tertiary/aromatic N) is 2. The van der Waals surface area contributed by atoms with Gasteiger partial charge in [-0.3, -0.25) is 4.98 Å². The van der Waals surface area contributed by atoms with Crippen molar-refractivity contribution in [3.8, 4) is 27.6 Å². The lowest BCUT2D eigenvalue weighted by Crippen LogP contribution is -2.26. The van der Waals surface area contributed by atoms with Gasteiger partial charge in [0.2, 0.25) is 0 Å². The van der Waals surface area contributed by atoms with Crippen LogP contribution in [0.25, 0.3) is 21.8 Å². The highest BCUT2D eigenvalue weighted by Crippen LogP contribution is 2.33. The monoisotopic (exact) mass is 485 g/mol. The predicted octanol–water partition coefficient (Wildman–Crippen LogP) is 5.59. The molecule has 1 unspecified atom stereocenters. The third-order valence-electron chi connectivity index (χ3n) is 5.05. The van der Waals surface area contributed by atoms with Crippen LogP contribution in [0.4, 0.5) is 13.2 Å². The van der Waals surface area contributed by atoms with Gasteiger partial charge in [0.25, 0.3) is 0 Å². The van der Waals surface area contributed by atoms with Gasteiger partial charge in [0, 0.05) is 47.6 Å². The van der Waals surface area contributed by atoms with Crippen LogP contribution in [0.1, 0.15) is 17.2 Å². The minimum Gasteiger partial charge on any atom is -0.492 e. The molecule has 2 heterocycles. The summed E-state index contributed by atoms with van der Waals surface area (Å²) in [6, 6.07) is 16.1. The molecule has 176 valence electrons. The Kier molecular flexibility index (Phi) is 7.56. The van der Waals surface area contributed by atoms with Crippen LogP contribution in [0.2, 0.25) is 0 Å². The summed E-state index contributed by atoms with van der Waals surface area (Å²) >= 11 is 1.37. The number of hydrogen-bond acceptors (Lipinski definition) is 6. The highest BCUT2D eigenvalue weighted by molar-refractivity contribution is 7.13. The summed E-state index contributed by atoms with van der Waals surface area (Å²) in [5.41, 5.74) is 2.28. The van der Waals surface area contributed by atoms with Crippen molar-refractivity contribution in [3.63, 3.8) is 0 Å². The Balaban J connectivity index is 1.31. The van der Waals surface area contributed by atoms with Crippen LogP contribution in [0.3, 0.4) is 0 Å². The van der Waals surface area contributed by atoms with E-state index in [2.05, 4.69) is 15.3 Å². The normalized spacial score (nSPS) is 12.5. The highest BCUT2D eigenvalue weighted by atomic mass is 32.1. The van der Waals surface area contributed by atoms with E-state index in [0.717, 1.165) is 29.0 Å². The summed E-state index contributed by atoms with van der Waals surface area (Å²) in [5.74, 6) is 0.677. The Morgan fingerprint density at radius 3 is 2.59 bits per heavy atom. The fraction of sp³-hybridized carbons (Fsp3) is 0.200. The molecule has 2 aromatic carbocycles. The number of aliphatic hydroxyl groups is 1. The van der Waals surface area contributed by atoms with E-state index < -0.39 is 17.8 Å². The zero-order chi connectivity index (χ0) is 24.0. The average molecular weight is 486 g/mol. The molecule has 0 spiro atoms. The van der Waals surface area contributed by atoms with Crippen molar-refractivity contribution in [3.05, 3.63) is 89.6 Å². The fourth-order valence-electron chi connectivity index (χ4n) is 3.26. The van der Waals surface area contributed by atoms with Crippen LogP contribution in [0, 0.1) is 0 Å². The number of pyridine rings is 1. The molecule has 4 rings (SSSR count). The quantitative estimate of drug-likeness (QED) is 0.303. The van der Waals surface area contributed by atoms with Crippen molar-refractivity contribution in [1.82, 2.24) is 15.3 Å². The molecule has 0 bridgehead atoms. The maximum Gasteiger partial charge on any atom is 0.416 e. The number of hydrogen-bond donors (Lipinski definition) is 2. The first-order valence-corrected chi connectivity index (χ1v) is 11.4. The van der Waals surface area contributed by atoms with Gasteiger partial charge in [-0.05, 0) is 30.3 Å². The molecule has 0 amide bonds. The maximum atomic E-state index is 12.8. The summed E-state index contributed by atoms with van der Waals surface area (Å²) in [4.78, 5) is 8.57. The number of rotatable bonds is 9. The van der Waals surface area contributed by atoms with E-state index in [1.54, 1.807) is 18.5 Å². The van der Waals surface area contributed by atoms with Crippen molar-refractivity contribution >= 4 is 11.3 Å². The number of alkyl halides is 3. The molecule has 0 radical (unpaired) electrons. The second-order valence-corrected chi connectivity index (χ2v) is 8.35. The van der Waals surface area contributed by atoms with Gasteiger partial charge >= 0.3 is 6.18 Å². The number of thiazole rings is 1. The Labute approximate surface area is 198 Å². The van der Waals surface area contributed by atoms with Crippen LogP contribution in [-0.2, 0) is 6.18 Å². The summed E-state index contributed by atoms with van der Waals surface area (Å²) in [6.07, 6.45) is -1.70. The SMILES string of the molecule is OC(CNCCOc1cccc(-c2csc(-c3ccc(C(F)(F)F)cc3)n2)c1)c1cccnc1. The molecule has 2 aromatic heterocycles. The first-order valence-electron chi connectivity index (χ1n) is 10.6. The van der Waals surface area contributed by atoms with E-state index in [9.17, 15) is 18.3 Å². The average Bonchev–Trinajstić information content (AvgIpc) is 3.34. The molecule has 0 saturated carbocycles. The molecule has 1 atom stereocenters. The van der Waals surface area contributed by atoms with E-state index in [1.165, 1.54) is 23.5 Å². The number of halogens is 3. The van der Waals surface area contributed by atoms with Gasteiger partial charge in [-0.25, -0.2) is 4.98 Å². The zero-order valence-corrected chi connectivity index (χ0v) is 18.8. The second kappa shape index (κ2) is 10.8. The van der Waals surface area contributed by atoms with Crippen LogP contribution in [-0.4, -0.2) is 34.8 Å². The molecule has 5 nitrogen and oxygen atoms in total. The fourth-order valence-corrected chi connectivity index (χ4v) is 4.09. The summed E-state index contributed by atoms with van der Waals surface area (Å²) in [7, 11) is 0. The number of aromatic nitrogens is 2. The van der Waals surface area contributed by atoms with E-state index in [-0.39, 0.29) is 0 Å². The minimum atomic E-state index is -4.36. The Morgan fingerprint density at radius 2 is 1.85 bits per heavy atom. The largest absolute Gasteiger partial charge is 0.492 e. The van der Waals surface area contributed by atoms with Gasteiger partial charge in [-0.2, -0.15) is 13.2 Å². The molecule has 9 heteroatoms. The summed E-state index contributed by atoms with van der Waals surface area (Å²) < 4.78 is 44.1. The van der Waals surface area contributed by atoms with Gasteiger partial charge in [-0.15, -0.1) is 11.3 Å². The van der Waals surface area contributed by atoms with Crippen molar-refractivity contribution in [1.29, 1.82) is 0 Å². The van der Waals surface area contributed by atoms with E-state index >= 15 is 0 Å². The van der Waals surface area contributed by atoms with Gasteiger partial charge < -0.3 is 15.2 Å². The van der Waals surface area contributed by atoms with Crippen molar-refractivity contribution < 1.29 is 23.0 Å². The van der Waals surface area contributed by atoms with Gasteiger partial charge in [0.15, 0.2) is 0 Å². The van der Waals surface area contributed by atoms with Crippen LogP contribution in [0.15, 0.2) is 78.4 Å². The Hall–Kier alpha value is -3.27.